The fourth-order valence-corrected chi connectivity index (χ4v) is 2.80. The number of carbonyl (C=O) groups excluding carboxylic acids is 1. The van der Waals surface area contributed by atoms with Crippen molar-refractivity contribution in [3.63, 3.8) is 0 Å². The van der Waals surface area contributed by atoms with Crippen molar-refractivity contribution in [1.29, 1.82) is 0 Å². The molecule has 5 heteroatoms. The molecule has 0 saturated carbocycles. The molecule has 1 saturated heterocycles. The van der Waals surface area contributed by atoms with E-state index >= 15 is 0 Å². The summed E-state index contributed by atoms with van der Waals surface area (Å²) in [6, 6.07) is 10.6. The van der Waals surface area contributed by atoms with Gasteiger partial charge < -0.3 is 14.2 Å². The molecule has 1 aliphatic heterocycles. The highest BCUT2D eigenvalue weighted by atomic mass is 19.1. The van der Waals surface area contributed by atoms with Crippen molar-refractivity contribution in [2.75, 3.05) is 19.7 Å². The monoisotopic (exact) mass is 302 g/mol. The highest BCUT2D eigenvalue weighted by molar-refractivity contribution is 5.77. The van der Waals surface area contributed by atoms with Crippen LogP contribution in [0.3, 0.4) is 0 Å². The fourth-order valence-electron chi connectivity index (χ4n) is 2.80. The van der Waals surface area contributed by atoms with Gasteiger partial charge in [-0.05, 0) is 37.1 Å². The van der Waals surface area contributed by atoms with Crippen LogP contribution >= 0.6 is 0 Å². The smallest absolute Gasteiger partial charge is 0.260 e. The molecule has 3 rings (SSSR count). The van der Waals surface area contributed by atoms with Crippen LogP contribution in [0.5, 0.6) is 5.75 Å². The minimum Gasteiger partial charge on any atom is -0.481 e. The van der Waals surface area contributed by atoms with E-state index in [-0.39, 0.29) is 18.3 Å². The summed E-state index contributed by atoms with van der Waals surface area (Å²) in [5.74, 6) is -0.408. The number of carbonyl (C=O) groups is 1. The van der Waals surface area contributed by atoms with Crippen LogP contribution in [-0.4, -0.2) is 35.1 Å². The molecule has 116 valence electrons. The molecule has 1 aromatic heterocycles. The largest absolute Gasteiger partial charge is 0.481 e. The van der Waals surface area contributed by atoms with Gasteiger partial charge in [0.2, 0.25) is 0 Å². The van der Waals surface area contributed by atoms with Crippen molar-refractivity contribution in [3.8, 4) is 5.75 Å². The molecule has 1 aromatic carbocycles. The standard InChI is InChI=1S/C17H19FN2O2/c18-15-5-1-2-6-16(15)22-13-17(21)20-11-7-14(8-12-20)19-9-3-4-10-19/h1-6,9-10,14H,7-8,11-13H2. The van der Waals surface area contributed by atoms with Crippen LogP contribution < -0.4 is 4.74 Å². The van der Waals surface area contributed by atoms with E-state index in [1.165, 1.54) is 12.1 Å². The second-order valence-corrected chi connectivity index (χ2v) is 5.46. The molecule has 2 aromatic rings. The average molecular weight is 302 g/mol. The summed E-state index contributed by atoms with van der Waals surface area (Å²) < 4.78 is 20.9. The Labute approximate surface area is 129 Å². The lowest BCUT2D eigenvalue weighted by Crippen LogP contribution is -2.41. The molecule has 0 N–H and O–H groups in total. The van der Waals surface area contributed by atoms with Gasteiger partial charge in [-0.2, -0.15) is 0 Å². The topological polar surface area (TPSA) is 34.5 Å². The highest BCUT2D eigenvalue weighted by Crippen LogP contribution is 2.22. The fraction of sp³-hybridized carbons (Fsp3) is 0.353. The SMILES string of the molecule is O=C(COc1ccccc1F)N1CCC(n2cccc2)CC1. The third kappa shape index (κ3) is 3.30. The number of aromatic nitrogens is 1. The van der Waals surface area contributed by atoms with Crippen molar-refractivity contribution in [3.05, 3.63) is 54.6 Å². The van der Waals surface area contributed by atoms with E-state index < -0.39 is 5.82 Å². The summed E-state index contributed by atoms with van der Waals surface area (Å²) in [6.07, 6.45) is 5.98. The van der Waals surface area contributed by atoms with Crippen LogP contribution in [0.4, 0.5) is 4.39 Å². The minimum atomic E-state index is -0.443. The summed E-state index contributed by atoms with van der Waals surface area (Å²) in [4.78, 5) is 13.9. The predicted octanol–water partition coefficient (Wildman–Crippen LogP) is 2.87. The molecular formula is C17H19FN2O2. The highest BCUT2D eigenvalue weighted by Gasteiger charge is 2.23. The number of piperidine rings is 1. The van der Waals surface area contributed by atoms with Gasteiger partial charge >= 0.3 is 0 Å². The summed E-state index contributed by atoms with van der Waals surface area (Å²) in [5.41, 5.74) is 0. The lowest BCUT2D eigenvalue weighted by Gasteiger charge is -2.32. The van der Waals surface area contributed by atoms with Crippen LogP contribution in [0.2, 0.25) is 0 Å². The molecule has 1 aliphatic rings. The van der Waals surface area contributed by atoms with Gasteiger partial charge in [-0.1, -0.05) is 12.1 Å². The van der Waals surface area contributed by atoms with Gasteiger partial charge in [0.05, 0.1) is 0 Å². The van der Waals surface area contributed by atoms with E-state index in [1.807, 2.05) is 12.1 Å². The molecule has 0 bridgehead atoms. The van der Waals surface area contributed by atoms with Crippen LogP contribution in [0.1, 0.15) is 18.9 Å². The van der Waals surface area contributed by atoms with E-state index in [0.29, 0.717) is 19.1 Å². The lowest BCUT2D eigenvalue weighted by atomic mass is 10.1. The number of hydrogen-bond donors (Lipinski definition) is 0. The quantitative estimate of drug-likeness (QED) is 0.870. The first-order valence-electron chi connectivity index (χ1n) is 7.51. The van der Waals surface area contributed by atoms with Gasteiger partial charge in [-0.15, -0.1) is 0 Å². The summed E-state index contributed by atoms with van der Waals surface area (Å²) in [7, 11) is 0. The molecular weight excluding hydrogens is 283 g/mol. The molecule has 4 nitrogen and oxygen atoms in total. The Hall–Kier alpha value is -2.30. The molecule has 2 heterocycles. The number of benzene rings is 1. The van der Waals surface area contributed by atoms with Gasteiger partial charge in [-0.3, -0.25) is 4.79 Å². The summed E-state index contributed by atoms with van der Waals surface area (Å²) in [6.45, 7) is 1.31. The van der Waals surface area contributed by atoms with E-state index in [9.17, 15) is 9.18 Å². The van der Waals surface area contributed by atoms with Crippen molar-refractivity contribution in [2.24, 2.45) is 0 Å². The molecule has 1 fully saturated rings. The van der Waals surface area contributed by atoms with E-state index in [2.05, 4.69) is 17.0 Å². The van der Waals surface area contributed by atoms with E-state index in [4.69, 9.17) is 4.74 Å². The summed E-state index contributed by atoms with van der Waals surface area (Å²) >= 11 is 0. The number of para-hydroxylation sites is 1. The molecule has 22 heavy (non-hydrogen) atoms. The number of rotatable bonds is 4. The Balaban J connectivity index is 1.49. The first-order valence-corrected chi connectivity index (χ1v) is 7.51. The Bertz CT molecular complexity index is 619. The van der Waals surface area contributed by atoms with Crippen LogP contribution in [0.25, 0.3) is 0 Å². The molecule has 1 amide bonds. The molecule has 0 radical (unpaired) electrons. The summed E-state index contributed by atoms with van der Waals surface area (Å²) in [5, 5.41) is 0. The third-order valence-corrected chi connectivity index (χ3v) is 4.05. The average Bonchev–Trinajstić information content (AvgIpc) is 3.08. The number of halogens is 1. The zero-order chi connectivity index (χ0) is 15.4. The maximum Gasteiger partial charge on any atom is 0.260 e. The Morgan fingerprint density at radius 2 is 1.82 bits per heavy atom. The van der Waals surface area contributed by atoms with Gasteiger partial charge in [0.1, 0.15) is 0 Å². The Kier molecular flexibility index (Phi) is 4.42. The minimum absolute atomic E-state index is 0.0887. The molecule has 0 atom stereocenters. The Morgan fingerprint density at radius 3 is 2.50 bits per heavy atom. The van der Waals surface area contributed by atoms with Gasteiger partial charge in [0.25, 0.3) is 5.91 Å². The normalized spacial score (nSPS) is 15.8. The number of amides is 1. The van der Waals surface area contributed by atoms with E-state index in [1.54, 1.807) is 17.0 Å². The molecule has 0 spiro atoms. The van der Waals surface area contributed by atoms with Crippen LogP contribution in [0, 0.1) is 5.82 Å². The van der Waals surface area contributed by atoms with Crippen molar-refractivity contribution >= 4 is 5.91 Å². The van der Waals surface area contributed by atoms with E-state index in [0.717, 1.165) is 12.8 Å². The third-order valence-electron chi connectivity index (χ3n) is 4.05. The number of ether oxygens (including phenoxy) is 1. The second kappa shape index (κ2) is 6.64. The zero-order valence-corrected chi connectivity index (χ0v) is 12.3. The van der Waals surface area contributed by atoms with Gasteiger partial charge in [0.15, 0.2) is 18.2 Å². The number of nitrogens with zero attached hydrogens (tertiary/aromatic N) is 2. The number of hydrogen-bond acceptors (Lipinski definition) is 2. The second-order valence-electron chi connectivity index (χ2n) is 5.46. The zero-order valence-electron chi connectivity index (χ0n) is 12.3. The predicted molar refractivity (Wildman–Crippen MR) is 81.2 cm³/mol. The molecule has 0 unspecified atom stereocenters. The Morgan fingerprint density at radius 1 is 1.14 bits per heavy atom. The van der Waals surface area contributed by atoms with Crippen molar-refractivity contribution in [1.82, 2.24) is 9.47 Å². The van der Waals surface area contributed by atoms with Crippen molar-refractivity contribution < 1.29 is 13.9 Å². The molecule has 0 aliphatic carbocycles. The van der Waals surface area contributed by atoms with Crippen molar-refractivity contribution in [2.45, 2.75) is 18.9 Å². The maximum atomic E-state index is 13.4. The van der Waals surface area contributed by atoms with Crippen LogP contribution in [-0.2, 0) is 4.79 Å². The first-order chi connectivity index (χ1) is 10.7. The first kappa shape index (κ1) is 14.6. The number of likely N-dealkylation sites (tertiary alicyclic amines) is 1. The lowest BCUT2D eigenvalue weighted by molar-refractivity contribution is -0.134. The maximum absolute atomic E-state index is 13.4. The van der Waals surface area contributed by atoms with Crippen LogP contribution in [0.15, 0.2) is 48.8 Å². The van der Waals surface area contributed by atoms with Gasteiger partial charge in [-0.25, -0.2) is 4.39 Å². The van der Waals surface area contributed by atoms with Gasteiger partial charge in [0, 0.05) is 31.5 Å².